The number of rotatable bonds is 6. The lowest BCUT2D eigenvalue weighted by molar-refractivity contribution is -0.138. The van der Waals surface area contributed by atoms with Gasteiger partial charge >= 0.3 is 5.97 Å². The van der Waals surface area contributed by atoms with Gasteiger partial charge in [0.1, 0.15) is 5.75 Å². The van der Waals surface area contributed by atoms with Gasteiger partial charge in [0, 0.05) is 11.4 Å². The molecule has 0 amide bonds. The first-order valence-electron chi connectivity index (χ1n) is 7.88. The van der Waals surface area contributed by atoms with E-state index in [-0.39, 0.29) is 11.9 Å². The van der Waals surface area contributed by atoms with Gasteiger partial charge < -0.3 is 16.2 Å². The topological polar surface area (TPSA) is 78.3 Å². The maximum absolute atomic E-state index is 12.1. The summed E-state index contributed by atoms with van der Waals surface area (Å²) in [5.41, 5.74) is 14.0. The Morgan fingerprint density at radius 2 is 1.43 bits per heavy atom. The minimum Gasteiger partial charge on any atom is -0.426 e. The fourth-order valence-corrected chi connectivity index (χ4v) is 2.36. The van der Waals surface area contributed by atoms with Crippen molar-refractivity contribution in [1.29, 1.82) is 0 Å². The SMILES string of the molecule is CC(CCC(C)c1ccc(N)cc1)C(=O)Oc1ccc(N)cc1. The van der Waals surface area contributed by atoms with Crippen LogP contribution in [0, 0.1) is 5.92 Å². The van der Waals surface area contributed by atoms with Crippen molar-refractivity contribution in [3.05, 3.63) is 54.1 Å². The highest BCUT2D eigenvalue weighted by molar-refractivity contribution is 5.74. The third kappa shape index (κ3) is 5.02. The fourth-order valence-electron chi connectivity index (χ4n) is 2.36. The number of ether oxygens (including phenoxy) is 1. The molecule has 0 saturated carbocycles. The molecule has 2 unspecified atom stereocenters. The van der Waals surface area contributed by atoms with E-state index in [0.29, 0.717) is 17.4 Å². The molecule has 4 heteroatoms. The summed E-state index contributed by atoms with van der Waals surface area (Å²) in [6, 6.07) is 14.7. The number of benzene rings is 2. The summed E-state index contributed by atoms with van der Waals surface area (Å²) in [5.74, 6) is 0.549. The van der Waals surface area contributed by atoms with Crippen molar-refractivity contribution < 1.29 is 9.53 Å². The first-order chi connectivity index (χ1) is 11.0. The zero-order valence-corrected chi connectivity index (χ0v) is 13.7. The van der Waals surface area contributed by atoms with E-state index in [1.165, 1.54) is 5.56 Å². The van der Waals surface area contributed by atoms with Gasteiger partial charge in [-0.1, -0.05) is 26.0 Å². The molecule has 0 aromatic heterocycles. The monoisotopic (exact) mass is 312 g/mol. The minimum atomic E-state index is -0.209. The van der Waals surface area contributed by atoms with Crippen LogP contribution in [0.5, 0.6) is 5.75 Å². The lowest BCUT2D eigenvalue weighted by Gasteiger charge is -2.15. The second-order valence-corrected chi connectivity index (χ2v) is 6.04. The maximum Gasteiger partial charge on any atom is 0.314 e. The van der Waals surface area contributed by atoms with Crippen LogP contribution in [-0.2, 0) is 4.79 Å². The molecule has 23 heavy (non-hydrogen) atoms. The van der Waals surface area contributed by atoms with Gasteiger partial charge in [0.05, 0.1) is 5.92 Å². The van der Waals surface area contributed by atoms with Crippen molar-refractivity contribution in [2.75, 3.05) is 11.5 Å². The van der Waals surface area contributed by atoms with E-state index in [1.807, 2.05) is 31.2 Å². The molecule has 0 radical (unpaired) electrons. The largest absolute Gasteiger partial charge is 0.426 e. The summed E-state index contributed by atoms with van der Waals surface area (Å²) in [6.07, 6.45) is 1.70. The number of nitrogen functional groups attached to an aromatic ring is 2. The van der Waals surface area contributed by atoms with Crippen LogP contribution in [0.25, 0.3) is 0 Å². The molecule has 122 valence electrons. The average Bonchev–Trinajstić information content (AvgIpc) is 2.55. The molecule has 0 aliphatic carbocycles. The van der Waals surface area contributed by atoms with Crippen LogP contribution >= 0.6 is 0 Å². The van der Waals surface area contributed by atoms with Crippen LogP contribution in [0.1, 0.15) is 38.2 Å². The molecule has 2 atom stereocenters. The van der Waals surface area contributed by atoms with Crippen molar-refractivity contribution in [3.8, 4) is 5.75 Å². The predicted octanol–water partition coefficient (Wildman–Crippen LogP) is 3.98. The first-order valence-corrected chi connectivity index (χ1v) is 7.88. The van der Waals surface area contributed by atoms with E-state index in [9.17, 15) is 4.79 Å². The summed E-state index contributed by atoms with van der Waals surface area (Å²) < 4.78 is 5.37. The summed E-state index contributed by atoms with van der Waals surface area (Å²) in [7, 11) is 0. The summed E-state index contributed by atoms with van der Waals surface area (Å²) in [5, 5.41) is 0. The quantitative estimate of drug-likeness (QED) is 0.480. The third-order valence-electron chi connectivity index (χ3n) is 4.04. The highest BCUT2D eigenvalue weighted by atomic mass is 16.5. The zero-order chi connectivity index (χ0) is 16.8. The van der Waals surface area contributed by atoms with Gasteiger partial charge in [-0.2, -0.15) is 0 Å². The van der Waals surface area contributed by atoms with E-state index >= 15 is 0 Å². The number of carbonyl (C=O) groups excluding carboxylic acids is 1. The first kappa shape index (κ1) is 16.9. The Labute approximate surface area is 137 Å². The highest BCUT2D eigenvalue weighted by Crippen LogP contribution is 2.24. The Morgan fingerprint density at radius 1 is 0.913 bits per heavy atom. The van der Waals surface area contributed by atoms with E-state index in [1.54, 1.807) is 24.3 Å². The van der Waals surface area contributed by atoms with Gasteiger partial charge in [0.2, 0.25) is 0 Å². The molecule has 2 aromatic rings. The Hall–Kier alpha value is -2.49. The molecular weight excluding hydrogens is 288 g/mol. The summed E-state index contributed by atoms with van der Waals surface area (Å²) >= 11 is 0. The molecule has 0 heterocycles. The molecule has 2 aromatic carbocycles. The minimum absolute atomic E-state index is 0.149. The van der Waals surface area contributed by atoms with Crippen LogP contribution in [-0.4, -0.2) is 5.97 Å². The second-order valence-electron chi connectivity index (χ2n) is 6.04. The highest BCUT2D eigenvalue weighted by Gasteiger charge is 2.17. The Kier molecular flexibility index (Phi) is 5.63. The van der Waals surface area contributed by atoms with Gasteiger partial charge in [0.15, 0.2) is 0 Å². The number of hydrogen-bond donors (Lipinski definition) is 2. The maximum atomic E-state index is 12.1. The zero-order valence-electron chi connectivity index (χ0n) is 13.7. The predicted molar refractivity (Wildman–Crippen MR) is 94.2 cm³/mol. The molecule has 4 nitrogen and oxygen atoms in total. The molecule has 0 saturated heterocycles. The van der Waals surface area contributed by atoms with E-state index in [0.717, 1.165) is 18.5 Å². The lowest BCUT2D eigenvalue weighted by atomic mass is 9.92. The van der Waals surface area contributed by atoms with Crippen LogP contribution in [0.15, 0.2) is 48.5 Å². The number of hydrogen-bond acceptors (Lipinski definition) is 4. The Bertz CT molecular complexity index is 635. The number of anilines is 2. The average molecular weight is 312 g/mol. The van der Waals surface area contributed by atoms with E-state index in [4.69, 9.17) is 16.2 Å². The van der Waals surface area contributed by atoms with E-state index < -0.39 is 0 Å². The van der Waals surface area contributed by atoms with Gasteiger partial charge in [0.25, 0.3) is 0 Å². The second kappa shape index (κ2) is 7.68. The molecule has 0 bridgehead atoms. The Balaban J connectivity index is 1.83. The molecular formula is C19H24N2O2. The molecule has 0 aliphatic heterocycles. The summed E-state index contributed by atoms with van der Waals surface area (Å²) in [4.78, 5) is 12.1. The van der Waals surface area contributed by atoms with Crippen LogP contribution in [0.2, 0.25) is 0 Å². The standard InChI is InChI=1S/C19H24N2O2/c1-13(15-5-7-16(20)8-6-15)3-4-14(2)19(22)23-18-11-9-17(21)10-12-18/h5-14H,3-4,20-21H2,1-2H3. The van der Waals surface area contributed by atoms with Crippen molar-refractivity contribution in [2.24, 2.45) is 5.92 Å². The van der Waals surface area contributed by atoms with Crippen molar-refractivity contribution in [1.82, 2.24) is 0 Å². The summed E-state index contributed by atoms with van der Waals surface area (Å²) in [6.45, 7) is 4.05. The fraction of sp³-hybridized carbons (Fsp3) is 0.316. The van der Waals surface area contributed by atoms with Crippen LogP contribution < -0.4 is 16.2 Å². The van der Waals surface area contributed by atoms with Crippen molar-refractivity contribution in [2.45, 2.75) is 32.6 Å². The van der Waals surface area contributed by atoms with Gasteiger partial charge in [-0.3, -0.25) is 4.79 Å². The molecule has 4 N–H and O–H groups in total. The molecule has 0 aliphatic rings. The van der Waals surface area contributed by atoms with E-state index in [2.05, 4.69) is 6.92 Å². The number of carbonyl (C=O) groups is 1. The Morgan fingerprint density at radius 3 is 2.00 bits per heavy atom. The smallest absolute Gasteiger partial charge is 0.314 e. The number of nitrogens with two attached hydrogens (primary N) is 2. The third-order valence-corrected chi connectivity index (χ3v) is 4.04. The van der Waals surface area contributed by atoms with Crippen molar-refractivity contribution in [3.63, 3.8) is 0 Å². The van der Waals surface area contributed by atoms with Crippen LogP contribution in [0.3, 0.4) is 0 Å². The normalized spacial score (nSPS) is 13.3. The molecule has 2 rings (SSSR count). The van der Waals surface area contributed by atoms with Gasteiger partial charge in [-0.15, -0.1) is 0 Å². The number of esters is 1. The van der Waals surface area contributed by atoms with Gasteiger partial charge in [-0.25, -0.2) is 0 Å². The molecule has 0 spiro atoms. The van der Waals surface area contributed by atoms with Crippen molar-refractivity contribution >= 4 is 17.3 Å². The lowest BCUT2D eigenvalue weighted by Crippen LogP contribution is -2.18. The van der Waals surface area contributed by atoms with Crippen LogP contribution in [0.4, 0.5) is 11.4 Å². The molecule has 0 fully saturated rings. The van der Waals surface area contributed by atoms with Gasteiger partial charge in [-0.05, 0) is 60.7 Å².